The lowest BCUT2D eigenvalue weighted by molar-refractivity contribution is -0.136. The van der Waals surface area contributed by atoms with Gasteiger partial charge in [0.1, 0.15) is 0 Å². The lowest BCUT2D eigenvalue weighted by Crippen LogP contribution is -2.31. The van der Waals surface area contributed by atoms with Crippen molar-refractivity contribution >= 4 is 11.4 Å². The van der Waals surface area contributed by atoms with Crippen molar-refractivity contribution in [3.63, 3.8) is 0 Å². The molecule has 0 aromatic heterocycles. The van der Waals surface area contributed by atoms with Crippen LogP contribution in [0.5, 0.6) is 0 Å². The summed E-state index contributed by atoms with van der Waals surface area (Å²) in [5.74, 6) is 0. The van der Waals surface area contributed by atoms with Crippen molar-refractivity contribution in [2.75, 3.05) is 23.7 Å². The molecular formula is C14H17F3N2. The minimum atomic E-state index is -4.31. The van der Waals surface area contributed by atoms with Crippen LogP contribution in [0.4, 0.5) is 24.5 Å². The lowest BCUT2D eigenvalue weighted by Gasteiger charge is -2.27. The molecule has 104 valence electrons. The monoisotopic (exact) mass is 270 g/mol. The highest BCUT2D eigenvalue weighted by molar-refractivity contribution is 5.74. The number of nitrogens with one attached hydrogen (secondary N) is 2. The van der Waals surface area contributed by atoms with Crippen molar-refractivity contribution in [2.45, 2.75) is 31.9 Å². The van der Waals surface area contributed by atoms with Crippen LogP contribution in [0.3, 0.4) is 0 Å². The number of halogens is 3. The predicted octanol–water partition coefficient (Wildman–Crippen LogP) is 4.10. The van der Waals surface area contributed by atoms with Crippen LogP contribution < -0.4 is 10.6 Å². The van der Waals surface area contributed by atoms with Gasteiger partial charge in [-0.2, -0.15) is 13.2 Å². The molecule has 1 aliphatic heterocycles. The molecule has 2 N–H and O–H groups in total. The number of alkyl halides is 3. The van der Waals surface area contributed by atoms with Gasteiger partial charge in [-0.1, -0.05) is 18.9 Å². The minimum Gasteiger partial charge on any atom is -0.383 e. The quantitative estimate of drug-likeness (QED) is 0.741. The first-order valence-corrected chi connectivity index (χ1v) is 6.68. The maximum Gasteiger partial charge on any atom is 0.418 e. The number of para-hydroxylation sites is 1. The Kier molecular flexibility index (Phi) is 2.87. The molecule has 0 atom stereocenters. The molecule has 2 aliphatic rings. The zero-order valence-electron chi connectivity index (χ0n) is 10.6. The molecule has 1 aromatic rings. The van der Waals surface area contributed by atoms with Gasteiger partial charge in [-0.3, -0.25) is 0 Å². The van der Waals surface area contributed by atoms with E-state index >= 15 is 0 Å². The van der Waals surface area contributed by atoms with Crippen LogP contribution in [-0.2, 0) is 6.18 Å². The van der Waals surface area contributed by atoms with Crippen LogP contribution in [0.2, 0.25) is 0 Å². The summed E-state index contributed by atoms with van der Waals surface area (Å²) in [7, 11) is 0. The Balaban J connectivity index is 1.94. The molecule has 0 saturated heterocycles. The molecule has 2 nitrogen and oxygen atoms in total. The van der Waals surface area contributed by atoms with E-state index in [0.29, 0.717) is 12.2 Å². The smallest absolute Gasteiger partial charge is 0.383 e. The number of fused-ring (bicyclic) bond motifs is 1. The maximum atomic E-state index is 13.0. The third-order valence-corrected chi connectivity index (χ3v) is 4.33. The molecule has 1 saturated carbocycles. The molecule has 1 aromatic carbocycles. The van der Waals surface area contributed by atoms with Gasteiger partial charge < -0.3 is 10.6 Å². The highest BCUT2D eigenvalue weighted by atomic mass is 19.4. The first-order valence-electron chi connectivity index (χ1n) is 6.68. The van der Waals surface area contributed by atoms with Crippen molar-refractivity contribution < 1.29 is 13.2 Å². The maximum absolute atomic E-state index is 13.0. The summed E-state index contributed by atoms with van der Waals surface area (Å²) in [6.45, 7) is 1.38. The molecule has 0 bridgehead atoms. The van der Waals surface area contributed by atoms with Gasteiger partial charge in [0.25, 0.3) is 0 Å². The molecule has 5 heteroatoms. The van der Waals surface area contributed by atoms with E-state index < -0.39 is 11.7 Å². The van der Waals surface area contributed by atoms with E-state index in [4.69, 9.17) is 0 Å². The van der Waals surface area contributed by atoms with Crippen LogP contribution in [-0.4, -0.2) is 13.1 Å². The molecule has 0 radical (unpaired) electrons. The van der Waals surface area contributed by atoms with E-state index in [1.165, 1.54) is 18.9 Å². The van der Waals surface area contributed by atoms with Gasteiger partial charge in [0.15, 0.2) is 0 Å². The Morgan fingerprint density at radius 3 is 2.37 bits per heavy atom. The summed E-state index contributed by atoms with van der Waals surface area (Å²) in [6.07, 6.45) is 0.204. The molecule has 1 heterocycles. The van der Waals surface area contributed by atoms with Gasteiger partial charge in [-0.25, -0.2) is 0 Å². The number of hydrogen-bond donors (Lipinski definition) is 2. The van der Waals surface area contributed by atoms with E-state index in [1.54, 1.807) is 6.07 Å². The summed E-state index contributed by atoms with van der Waals surface area (Å²) in [5, 5.41) is 6.26. The van der Waals surface area contributed by atoms with Crippen molar-refractivity contribution in [3.8, 4) is 0 Å². The van der Waals surface area contributed by atoms with Crippen molar-refractivity contribution in [1.29, 1.82) is 0 Å². The summed E-state index contributed by atoms with van der Waals surface area (Å²) >= 11 is 0. The normalized spacial score (nSPS) is 21.4. The van der Waals surface area contributed by atoms with Crippen molar-refractivity contribution in [1.82, 2.24) is 0 Å². The highest BCUT2D eigenvalue weighted by Gasteiger charge is 2.39. The molecule has 1 spiro atoms. The Morgan fingerprint density at radius 1 is 1.00 bits per heavy atom. The molecular weight excluding hydrogens is 253 g/mol. The second-order valence-corrected chi connectivity index (χ2v) is 5.64. The van der Waals surface area contributed by atoms with E-state index in [2.05, 4.69) is 10.6 Å². The second-order valence-electron chi connectivity index (χ2n) is 5.64. The van der Waals surface area contributed by atoms with Crippen LogP contribution in [0.25, 0.3) is 0 Å². The summed E-state index contributed by atoms with van der Waals surface area (Å²) in [6, 6.07) is 4.31. The first-order chi connectivity index (χ1) is 9.00. The number of anilines is 2. The third kappa shape index (κ3) is 2.26. The summed E-state index contributed by atoms with van der Waals surface area (Å²) in [4.78, 5) is 0. The highest BCUT2D eigenvalue weighted by Crippen LogP contribution is 2.44. The van der Waals surface area contributed by atoms with Gasteiger partial charge in [-0.05, 0) is 25.0 Å². The number of benzene rings is 1. The molecule has 3 rings (SSSR count). The summed E-state index contributed by atoms with van der Waals surface area (Å²) < 4.78 is 39.0. The largest absolute Gasteiger partial charge is 0.418 e. The van der Waals surface area contributed by atoms with E-state index in [1.807, 2.05) is 0 Å². The van der Waals surface area contributed by atoms with Gasteiger partial charge in [0.05, 0.1) is 16.9 Å². The topological polar surface area (TPSA) is 24.1 Å². The first kappa shape index (κ1) is 12.6. The van der Waals surface area contributed by atoms with Crippen LogP contribution in [0.1, 0.15) is 31.2 Å². The minimum absolute atomic E-state index is 0.113. The van der Waals surface area contributed by atoms with Crippen LogP contribution >= 0.6 is 0 Å². The van der Waals surface area contributed by atoms with Gasteiger partial charge in [0, 0.05) is 18.5 Å². The van der Waals surface area contributed by atoms with Gasteiger partial charge >= 0.3 is 6.18 Å². The van der Waals surface area contributed by atoms with E-state index in [-0.39, 0.29) is 11.1 Å². The lowest BCUT2D eigenvalue weighted by atomic mass is 9.86. The van der Waals surface area contributed by atoms with Crippen LogP contribution in [0.15, 0.2) is 18.2 Å². The Bertz CT molecular complexity index is 476. The Labute approximate surface area is 110 Å². The summed E-state index contributed by atoms with van der Waals surface area (Å²) in [5.41, 5.74) is 0.312. The predicted molar refractivity (Wildman–Crippen MR) is 69.3 cm³/mol. The van der Waals surface area contributed by atoms with Crippen molar-refractivity contribution in [2.24, 2.45) is 5.41 Å². The van der Waals surface area contributed by atoms with Crippen molar-refractivity contribution in [3.05, 3.63) is 23.8 Å². The fraction of sp³-hybridized carbons (Fsp3) is 0.571. The Morgan fingerprint density at radius 2 is 1.68 bits per heavy atom. The molecule has 0 amide bonds. The molecule has 1 aliphatic carbocycles. The van der Waals surface area contributed by atoms with E-state index in [0.717, 1.165) is 25.5 Å². The third-order valence-electron chi connectivity index (χ3n) is 4.33. The fourth-order valence-electron chi connectivity index (χ4n) is 3.23. The van der Waals surface area contributed by atoms with Gasteiger partial charge in [0.2, 0.25) is 0 Å². The fourth-order valence-corrected chi connectivity index (χ4v) is 3.23. The molecule has 19 heavy (non-hydrogen) atoms. The zero-order valence-corrected chi connectivity index (χ0v) is 10.6. The van der Waals surface area contributed by atoms with Gasteiger partial charge in [-0.15, -0.1) is 0 Å². The average Bonchev–Trinajstić information content (AvgIpc) is 2.73. The zero-order chi connectivity index (χ0) is 13.5. The van der Waals surface area contributed by atoms with Crippen LogP contribution in [0, 0.1) is 5.41 Å². The number of rotatable bonds is 0. The standard InChI is InChI=1S/C14H17F3N2/c15-14(16,17)10-4-3-5-11-12(10)19-9-13(8-18-11)6-1-2-7-13/h3-5,18-19H,1-2,6-9H2. The second kappa shape index (κ2) is 4.32. The SMILES string of the molecule is FC(F)(F)c1cccc2c1NCC1(CCCC1)CN2. The number of hydrogen-bond acceptors (Lipinski definition) is 2. The van der Waals surface area contributed by atoms with E-state index in [9.17, 15) is 13.2 Å². The average molecular weight is 270 g/mol. The Hall–Kier alpha value is -1.39. The molecule has 0 unspecified atom stereocenters. The molecule has 1 fully saturated rings.